The number of ether oxygens (including phenoxy) is 3. The molecule has 2 saturated heterocycles. The van der Waals surface area contributed by atoms with Gasteiger partial charge in [0.25, 0.3) is 0 Å². The fraction of sp³-hybridized carbons (Fsp3) is 0.500. The first kappa shape index (κ1) is 13.7. The predicted octanol–water partition coefficient (Wildman–Crippen LogP) is 1.90. The highest BCUT2D eigenvalue weighted by molar-refractivity contribution is 5.58. The number of methoxy groups -OCH3 is 1. The normalized spacial score (nSPS) is 22.7. The second-order valence-electron chi connectivity index (χ2n) is 6.01. The maximum atomic E-state index is 6.10. The van der Waals surface area contributed by atoms with Gasteiger partial charge >= 0.3 is 0 Å². The van der Waals surface area contributed by atoms with E-state index < -0.39 is 0 Å². The summed E-state index contributed by atoms with van der Waals surface area (Å²) in [6.45, 7) is 2.21. The molecule has 4 rings (SSSR count). The van der Waals surface area contributed by atoms with Gasteiger partial charge in [-0.15, -0.1) is 5.10 Å². The van der Waals surface area contributed by atoms with Crippen molar-refractivity contribution in [2.24, 2.45) is 0 Å². The molecule has 22 heavy (non-hydrogen) atoms. The van der Waals surface area contributed by atoms with E-state index in [0.29, 0.717) is 0 Å². The molecule has 0 N–H and O–H groups in total. The highest BCUT2D eigenvalue weighted by atomic mass is 16.6. The van der Waals surface area contributed by atoms with Crippen LogP contribution in [0.5, 0.6) is 5.75 Å². The Bertz CT molecular complexity index is 649. The van der Waals surface area contributed by atoms with Gasteiger partial charge in [0.2, 0.25) is 0 Å². The predicted molar refractivity (Wildman–Crippen MR) is 79.7 cm³/mol. The lowest BCUT2D eigenvalue weighted by molar-refractivity contribution is -0.201. The minimum Gasteiger partial charge on any atom is -0.497 e. The summed E-state index contributed by atoms with van der Waals surface area (Å²) in [6, 6.07) is 7.82. The van der Waals surface area contributed by atoms with Crippen molar-refractivity contribution >= 4 is 0 Å². The summed E-state index contributed by atoms with van der Waals surface area (Å²) < 4.78 is 18.4. The van der Waals surface area contributed by atoms with Crippen LogP contribution in [0.2, 0.25) is 0 Å². The molecule has 1 aromatic heterocycles. The van der Waals surface area contributed by atoms with Gasteiger partial charge < -0.3 is 14.2 Å². The molecule has 116 valence electrons. The molecule has 1 aromatic carbocycles. The van der Waals surface area contributed by atoms with Gasteiger partial charge in [0.15, 0.2) is 0 Å². The minimum atomic E-state index is -0.00986. The molecule has 2 fully saturated rings. The van der Waals surface area contributed by atoms with Gasteiger partial charge in [0.1, 0.15) is 17.0 Å². The topological polar surface area (TPSA) is 58.4 Å². The van der Waals surface area contributed by atoms with E-state index in [-0.39, 0.29) is 11.7 Å². The molecule has 1 atom stereocenters. The molecule has 2 aliphatic rings. The Morgan fingerprint density at radius 1 is 1.32 bits per heavy atom. The lowest BCUT2D eigenvalue weighted by atomic mass is 9.98. The van der Waals surface area contributed by atoms with Crippen LogP contribution in [0, 0.1) is 0 Å². The van der Waals surface area contributed by atoms with Gasteiger partial charge in [0, 0.05) is 5.56 Å². The Labute approximate surface area is 129 Å². The van der Waals surface area contributed by atoms with Crippen LogP contribution in [0.25, 0.3) is 11.3 Å². The number of rotatable bonds is 4. The molecule has 2 aromatic rings. The lowest BCUT2D eigenvalue weighted by Crippen LogP contribution is -2.49. The molecule has 3 heterocycles. The van der Waals surface area contributed by atoms with Gasteiger partial charge in [-0.25, -0.2) is 4.68 Å². The summed E-state index contributed by atoms with van der Waals surface area (Å²) in [6.07, 6.45) is 4.31. The van der Waals surface area contributed by atoms with E-state index in [1.165, 1.54) is 0 Å². The zero-order chi connectivity index (χ0) is 15.0. The van der Waals surface area contributed by atoms with E-state index >= 15 is 0 Å². The number of nitrogens with zero attached hydrogens (tertiary/aromatic N) is 3. The fourth-order valence-electron chi connectivity index (χ4n) is 3.06. The summed E-state index contributed by atoms with van der Waals surface area (Å²) >= 11 is 0. The SMILES string of the molecule is COc1ccc(-c2cn(CC3CCC4(COC4)O3)nn2)cc1. The fourth-order valence-corrected chi connectivity index (χ4v) is 3.06. The zero-order valence-electron chi connectivity index (χ0n) is 12.6. The summed E-state index contributed by atoms with van der Waals surface area (Å²) in [5, 5.41) is 8.46. The molecule has 0 radical (unpaired) electrons. The maximum Gasteiger partial charge on any atom is 0.118 e. The Balaban J connectivity index is 1.42. The lowest BCUT2D eigenvalue weighted by Gasteiger charge is -2.37. The van der Waals surface area contributed by atoms with E-state index in [1.807, 2.05) is 35.1 Å². The van der Waals surface area contributed by atoms with Crippen molar-refractivity contribution in [3.63, 3.8) is 0 Å². The molecule has 2 aliphatic heterocycles. The van der Waals surface area contributed by atoms with Crippen molar-refractivity contribution in [1.82, 2.24) is 15.0 Å². The van der Waals surface area contributed by atoms with Crippen LogP contribution in [-0.4, -0.2) is 47.0 Å². The van der Waals surface area contributed by atoms with Crippen LogP contribution in [0.3, 0.4) is 0 Å². The average Bonchev–Trinajstić information content (AvgIpc) is 3.15. The van der Waals surface area contributed by atoms with Crippen molar-refractivity contribution in [2.45, 2.75) is 31.1 Å². The third-order valence-electron chi connectivity index (χ3n) is 4.38. The summed E-state index contributed by atoms with van der Waals surface area (Å²) in [5.74, 6) is 0.837. The van der Waals surface area contributed by atoms with Gasteiger partial charge in [-0.3, -0.25) is 0 Å². The molecule has 6 heteroatoms. The van der Waals surface area contributed by atoms with E-state index in [0.717, 1.165) is 49.6 Å². The quantitative estimate of drug-likeness (QED) is 0.863. The molecule has 1 unspecified atom stereocenters. The number of benzene rings is 1. The molecule has 0 amide bonds. The Hall–Kier alpha value is -1.92. The van der Waals surface area contributed by atoms with Gasteiger partial charge in [0.05, 0.1) is 39.2 Å². The van der Waals surface area contributed by atoms with Gasteiger partial charge in [-0.05, 0) is 37.1 Å². The second-order valence-corrected chi connectivity index (χ2v) is 6.01. The summed E-state index contributed by atoms with van der Waals surface area (Å²) in [4.78, 5) is 0. The van der Waals surface area contributed by atoms with E-state index in [1.54, 1.807) is 7.11 Å². The number of hydrogen-bond acceptors (Lipinski definition) is 5. The van der Waals surface area contributed by atoms with Crippen LogP contribution in [0.15, 0.2) is 30.5 Å². The van der Waals surface area contributed by atoms with Crippen LogP contribution in [0.1, 0.15) is 12.8 Å². The van der Waals surface area contributed by atoms with E-state index in [9.17, 15) is 0 Å². The third-order valence-corrected chi connectivity index (χ3v) is 4.38. The minimum absolute atomic E-state index is 0.00986. The monoisotopic (exact) mass is 301 g/mol. The van der Waals surface area contributed by atoms with Crippen LogP contribution in [0.4, 0.5) is 0 Å². The molecule has 6 nitrogen and oxygen atoms in total. The highest BCUT2D eigenvalue weighted by Crippen LogP contribution is 2.36. The first-order chi connectivity index (χ1) is 10.8. The van der Waals surface area contributed by atoms with Crippen LogP contribution >= 0.6 is 0 Å². The largest absolute Gasteiger partial charge is 0.497 e. The summed E-state index contributed by atoms with van der Waals surface area (Å²) in [7, 11) is 1.66. The Morgan fingerprint density at radius 3 is 2.77 bits per heavy atom. The van der Waals surface area contributed by atoms with Crippen molar-refractivity contribution in [3.05, 3.63) is 30.5 Å². The van der Waals surface area contributed by atoms with Crippen LogP contribution in [-0.2, 0) is 16.0 Å². The van der Waals surface area contributed by atoms with Gasteiger partial charge in [-0.2, -0.15) is 0 Å². The molecular weight excluding hydrogens is 282 g/mol. The molecular formula is C16H19N3O3. The van der Waals surface area contributed by atoms with Crippen molar-refractivity contribution in [2.75, 3.05) is 20.3 Å². The second kappa shape index (κ2) is 5.37. The van der Waals surface area contributed by atoms with Crippen molar-refractivity contribution in [1.29, 1.82) is 0 Å². The summed E-state index contributed by atoms with van der Waals surface area (Å²) in [5.41, 5.74) is 1.88. The average molecular weight is 301 g/mol. The van der Waals surface area contributed by atoms with E-state index in [2.05, 4.69) is 10.3 Å². The highest BCUT2D eigenvalue weighted by Gasteiger charge is 2.46. The molecule has 0 bridgehead atoms. The van der Waals surface area contributed by atoms with Gasteiger partial charge in [-0.1, -0.05) is 5.21 Å². The molecule has 0 aliphatic carbocycles. The maximum absolute atomic E-state index is 6.10. The molecule has 0 saturated carbocycles. The Morgan fingerprint density at radius 2 is 2.14 bits per heavy atom. The van der Waals surface area contributed by atoms with E-state index in [4.69, 9.17) is 14.2 Å². The standard InChI is InChI=1S/C16H19N3O3/c1-20-13-4-2-12(3-5-13)15-9-19(18-17-15)8-14-6-7-16(22-14)10-21-11-16/h2-5,9,14H,6-8,10-11H2,1H3. The van der Waals surface area contributed by atoms with Crippen molar-refractivity contribution < 1.29 is 14.2 Å². The first-order valence-corrected chi connectivity index (χ1v) is 7.56. The zero-order valence-corrected chi connectivity index (χ0v) is 12.6. The molecule has 1 spiro atoms. The smallest absolute Gasteiger partial charge is 0.118 e. The first-order valence-electron chi connectivity index (χ1n) is 7.56. The Kier molecular flexibility index (Phi) is 3.35. The number of hydrogen-bond donors (Lipinski definition) is 0. The third kappa shape index (κ3) is 2.48. The van der Waals surface area contributed by atoms with Crippen molar-refractivity contribution in [3.8, 4) is 17.0 Å². The number of aromatic nitrogens is 3. The van der Waals surface area contributed by atoms with Crippen LogP contribution < -0.4 is 4.74 Å².